The molecule has 0 fully saturated rings. The van der Waals surface area contributed by atoms with E-state index < -0.39 is 0 Å². The minimum Gasteiger partial charge on any atom is -0.496 e. The van der Waals surface area contributed by atoms with Crippen LogP contribution in [0.25, 0.3) is 0 Å². The quantitative estimate of drug-likeness (QED) is 0.108. The average Bonchev–Trinajstić information content (AvgIpc) is 3.13. The molecule has 0 spiro atoms. The van der Waals surface area contributed by atoms with Crippen LogP contribution >= 0.6 is 0 Å². The number of ether oxygens (including phenoxy) is 2. The van der Waals surface area contributed by atoms with Crippen LogP contribution in [0, 0.1) is 0 Å². The second kappa shape index (κ2) is 17.9. The van der Waals surface area contributed by atoms with Gasteiger partial charge in [0.25, 0.3) is 0 Å². The van der Waals surface area contributed by atoms with Crippen LogP contribution in [0.1, 0.15) is 97.2 Å². The van der Waals surface area contributed by atoms with Crippen LogP contribution in [0.5, 0.6) is 11.5 Å². The summed E-state index contributed by atoms with van der Waals surface area (Å²) in [6.45, 7) is 16.9. The van der Waals surface area contributed by atoms with E-state index in [1.54, 1.807) is 14.2 Å². The number of aryl methyl sites for hydroxylation is 4. The summed E-state index contributed by atoms with van der Waals surface area (Å²) < 4.78 is 11.8. The third-order valence-electron chi connectivity index (χ3n) is 10.1. The Morgan fingerprint density at radius 1 is 0.385 bits per heavy atom. The Hall–Kier alpha value is -4.38. The van der Waals surface area contributed by atoms with Crippen molar-refractivity contribution in [1.82, 2.24) is 10.6 Å². The zero-order valence-electron chi connectivity index (χ0n) is 32.9. The normalized spacial score (nSPS) is 11.8. The van der Waals surface area contributed by atoms with Gasteiger partial charge in [-0.1, -0.05) is 139 Å². The van der Waals surface area contributed by atoms with Crippen molar-refractivity contribution in [2.75, 3.05) is 14.2 Å². The Kier molecular flexibility index (Phi) is 13.4. The van der Waals surface area contributed by atoms with E-state index in [4.69, 9.17) is 9.47 Å². The van der Waals surface area contributed by atoms with E-state index in [0.717, 1.165) is 63.4 Å². The highest BCUT2D eigenvalue weighted by molar-refractivity contribution is 5.47. The molecular formula is C48H60N2O2. The van der Waals surface area contributed by atoms with Gasteiger partial charge in [-0.3, -0.25) is 0 Å². The fourth-order valence-electron chi connectivity index (χ4n) is 6.57. The maximum Gasteiger partial charge on any atom is 0.122 e. The molecule has 5 rings (SSSR count). The molecule has 0 saturated carbocycles. The second-order valence-electron chi connectivity index (χ2n) is 16.2. The largest absolute Gasteiger partial charge is 0.496 e. The SMILES string of the molecule is COc1cc(CCc2ccc(CNCc3ccc(C(C)(C)C)cc3)cc2)c(OC)cc1CCc1ccc(CNCc2ccc(C(C)(C)C)cc2)cc1. The van der Waals surface area contributed by atoms with Gasteiger partial charge in [0.2, 0.25) is 0 Å². The summed E-state index contributed by atoms with van der Waals surface area (Å²) in [5.74, 6) is 1.86. The monoisotopic (exact) mass is 696 g/mol. The maximum absolute atomic E-state index is 5.88. The number of methoxy groups -OCH3 is 2. The number of hydrogen-bond acceptors (Lipinski definition) is 4. The molecule has 4 heteroatoms. The van der Waals surface area contributed by atoms with E-state index in [2.05, 4.69) is 161 Å². The second-order valence-corrected chi connectivity index (χ2v) is 16.2. The van der Waals surface area contributed by atoms with Gasteiger partial charge in [0, 0.05) is 26.2 Å². The van der Waals surface area contributed by atoms with Gasteiger partial charge in [-0.25, -0.2) is 0 Å². The van der Waals surface area contributed by atoms with Gasteiger partial charge in [-0.15, -0.1) is 0 Å². The summed E-state index contributed by atoms with van der Waals surface area (Å²) in [5.41, 5.74) is 13.3. The number of hydrogen-bond donors (Lipinski definition) is 2. The molecule has 0 unspecified atom stereocenters. The summed E-state index contributed by atoms with van der Waals surface area (Å²) in [4.78, 5) is 0. The Bertz CT molecular complexity index is 1690. The highest BCUT2D eigenvalue weighted by Gasteiger charge is 2.15. The number of benzene rings is 5. The van der Waals surface area contributed by atoms with E-state index in [9.17, 15) is 0 Å². The molecule has 0 saturated heterocycles. The molecular weight excluding hydrogens is 637 g/mol. The summed E-state index contributed by atoms with van der Waals surface area (Å²) in [5, 5.41) is 7.19. The van der Waals surface area contributed by atoms with Gasteiger partial charge in [-0.2, -0.15) is 0 Å². The lowest BCUT2D eigenvalue weighted by molar-refractivity contribution is 0.394. The molecule has 0 radical (unpaired) electrons. The molecule has 4 nitrogen and oxygen atoms in total. The summed E-state index contributed by atoms with van der Waals surface area (Å²) >= 11 is 0. The van der Waals surface area contributed by atoms with Gasteiger partial charge in [0.15, 0.2) is 0 Å². The molecule has 274 valence electrons. The number of rotatable bonds is 16. The summed E-state index contributed by atoms with van der Waals surface area (Å²) in [6.07, 6.45) is 3.66. The van der Waals surface area contributed by atoms with E-state index in [-0.39, 0.29) is 10.8 Å². The summed E-state index contributed by atoms with van der Waals surface area (Å²) in [7, 11) is 3.53. The van der Waals surface area contributed by atoms with E-state index >= 15 is 0 Å². The molecule has 0 aliphatic carbocycles. The Morgan fingerprint density at radius 3 is 0.923 bits per heavy atom. The average molecular weight is 697 g/mol. The lowest BCUT2D eigenvalue weighted by Gasteiger charge is -2.19. The molecule has 0 amide bonds. The molecule has 5 aromatic carbocycles. The van der Waals surface area contributed by atoms with Crippen LogP contribution in [0.4, 0.5) is 0 Å². The Morgan fingerprint density at radius 2 is 0.654 bits per heavy atom. The zero-order chi connectivity index (χ0) is 37.1. The highest BCUT2D eigenvalue weighted by Crippen LogP contribution is 2.31. The van der Waals surface area contributed by atoms with Crippen molar-refractivity contribution in [3.05, 3.63) is 165 Å². The molecule has 5 aromatic rings. The standard InChI is InChI=1S/C48H60N2O2/c1-47(2,3)43-25-19-39(20-26-43)33-49-31-37-13-9-35(10-14-37)17-23-41-29-46(52-8)42(30-45(41)51-7)24-18-36-11-15-38(16-12-36)32-50-34-40-21-27-44(28-22-40)48(4,5)6/h9-16,19-22,25-30,49-50H,17-18,23-24,31-34H2,1-8H3. The fourth-order valence-corrected chi connectivity index (χ4v) is 6.57. The third kappa shape index (κ3) is 11.3. The lowest BCUT2D eigenvalue weighted by atomic mass is 9.87. The van der Waals surface area contributed by atoms with Crippen molar-refractivity contribution in [2.45, 2.75) is 104 Å². The molecule has 0 aliphatic rings. The topological polar surface area (TPSA) is 42.5 Å². The molecule has 0 aromatic heterocycles. The van der Waals surface area contributed by atoms with Gasteiger partial charge >= 0.3 is 0 Å². The molecule has 52 heavy (non-hydrogen) atoms. The van der Waals surface area contributed by atoms with Crippen LogP contribution in [0.3, 0.4) is 0 Å². The molecule has 0 heterocycles. The zero-order valence-corrected chi connectivity index (χ0v) is 32.9. The first-order valence-electron chi connectivity index (χ1n) is 18.9. The first kappa shape index (κ1) is 38.8. The highest BCUT2D eigenvalue weighted by atomic mass is 16.5. The third-order valence-corrected chi connectivity index (χ3v) is 10.1. The maximum atomic E-state index is 5.88. The van der Waals surface area contributed by atoms with Crippen molar-refractivity contribution in [3.63, 3.8) is 0 Å². The van der Waals surface area contributed by atoms with Crippen LogP contribution in [0.15, 0.2) is 109 Å². The van der Waals surface area contributed by atoms with Crippen LogP contribution in [-0.4, -0.2) is 14.2 Å². The minimum absolute atomic E-state index is 0.183. The predicted octanol–water partition coefficient (Wildman–Crippen LogP) is 10.4. The van der Waals surface area contributed by atoms with Crippen LogP contribution in [-0.2, 0) is 62.7 Å². The van der Waals surface area contributed by atoms with E-state index in [1.165, 1.54) is 55.6 Å². The molecule has 0 aliphatic heterocycles. The Balaban J connectivity index is 1.08. The van der Waals surface area contributed by atoms with Crippen LogP contribution in [0.2, 0.25) is 0 Å². The van der Waals surface area contributed by atoms with Crippen molar-refractivity contribution in [1.29, 1.82) is 0 Å². The van der Waals surface area contributed by atoms with E-state index in [0.29, 0.717) is 0 Å². The lowest BCUT2D eigenvalue weighted by Crippen LogP contribution is -2.14. The molecule has 0 bridgehead atoms. The number of nitrogens with one attached hydrogen (secondary N) is 2. The van der Waals surface area contributed by atoms with Crippen molar-refractivity contribution >= 4 is 0 Å². The van der Waals surface area contributed by atoms with Gasteiger partial charge < -0.3 is 20.1 Å². The minimum atomic E-state index is 0.183. The van der Waals surface area contributed by atoms with E-state index in [1.807, 2.05) is 0 Å². The fraction of sp³-hybridized carbons (Fsp3) is 0.375. The van der Waals surface area contributed by atoms with Crippen molar-refractivity contribution in [3.8, 4) is 11.5 Å². The molecule has 0 atom stereocenters. The molecule has 2 N–H and O–H groups in total. The van der Waals surface area contributed by atoms with Gasteiger partial charge in [-0.05, 0) is 104 Å². The Labute approximate surface area is 314 Å². The van der Waals surface area contributed by atoms with Crippen molar-refractivity contribution < 1.29 is 9.47 Å². The van der Waals surface area contributed by atoms with Crippen LogP contribution < -0.4 is 20.1 Å². The van der Waals surface area contributed by atoms with Gasteiger partial charge in [0.05, 0.1) is 14.2 Å². The van der Waals surface area contributed by atoms with Gasteiger partial charge in [0.1, 0.15) is 11.5 Å². The predicted molar refractivity (Wildman–Crippen MR) is 219 cm³/mol. The van der Waals surface area contributed by atoms with Crippen molar-refractivity contribution in [2.24, 2.45) is 0 Å². The first-order valence-corrected chi connectivity index (χ1v) is 18.9. The smallest absolute Gasteiger partial charge is 0.122 e. The first-order chi connectivity index (χ1) is 24.9. The summed E-state index contributed by atoms with van der Waals surface area (Å²) in [6, 6.07) is 40.2.